The predicted octanol–water partition coefficient (Wildman–Crippen LogP) is 4.85. The van der Waals surface area contributed by atoms with Gasteiger partial charge in [-0.05, 0) is 43.7 Å². The minimum atomic E-state index is -0.538. The van der Waals surface area contributed by atoms with Crippen molar-refractivity contribution in [1.29, 1.82) is 0 Å². The van der Waals surface area contributed by atoms with E-state index >= 15 is 0 Å². The van der Waals surface area contributed by atoms with Crippen LogP contribution in [0.15, 0.2) is 64.7 Å². The van der Waals surface area contributed by atoms with Crippen molar-refractivity contribution in [2.75, 3.05) is 5.32 Å². The first kappa shape index (κ1) is 15.3. The van der Waals surface area contributed by atoms with Crippen molar-refractivity contribution in [3.8, 4) is 0 Å². The highest BCUT2D eigenvalue weighted by Crippen LogP contribution is 2.27. The molecule has 0 radical (unpaired) electrons. The Balaban J connectivity index is 1.98. The topological polar surface area (TPSA) is 29.1 Å². The average molecular weight is 301 g/mol. The molecule has 1 amide bonds. The highest BCUT2D eigenvalue weighted by molar-refractivity contribution is 8.02. The van der Waals surface area contributed by atoms with Crippen LogP contribution in [0.3, 0.4) is 0 Å². The molecule has 0 aliphatic carbocycles. The van der Waals surface area contributed by atoms with Gasteiger partial charge in [0, 0.05) is 16.7 Å². The van der Waals surface area contributed by atoms with Gasteiger partial charge >= 0.3 is 0 Å². The number of thioether (sulfide) groups is 1. The molecule has 0 atom stereocenters. The highest BCUT2D eigenvalue weighted by Gasteiger charge is 2.04. The molecule has 2 rings (SSSR count). The molecule has 0 spiro atoms. The SMILES string of the molecule is Cc1ccc(SC(F)=CC(=O)Nc2cccc(C)c2)cc1. The molecule has 0 aliphatic rings. The first-order chi connectivity index (χ1) is 10.0. The molecule has 0 saturated heterocycles. The summed E-state index contributed by atoms with van der Waals surface area (Å²) in [6.45, 7) is 3.90. The molecule has 1 N–H and O–H groups in total. The predicted molar refractivity (Wildman–Crippen MR) is 86.0 cm³/mol. The summed E-state index contributed by atoms with van der Waals surface area (Å²) in [6.07, 6.45) is 0.965. The Bertz CT molecular complexity index is 665. The lowest BCUT2D eigenvalue weighted by Crippen LogP contribution is -2.08. The average Bonchev–Trinajstić information content (AvgIpc) is 2.41. The number of rotatable bonds is 4. The maximum atomic E-state index is 13.8. The lowest BCUT2D eigenvalue weighted by Gasteiger charge is -2.03. The number of anilines is 1. The number of carbonyl (C=O) groups excluding carboxylic acids is 1. The Morgan fingerprint density at radius 2 is 1.81 bits per heavy atom. The molecule has 0 bridgehead atoms. The lowest BCUT2D eigenvalue weighted by molar-refractivity contribution is -0.112. The normalized spacial score (nSPS) is 11.3. The fourth-order valence-corrected chi connectivity index (χ4v) is 2.42. The Hall–Kier alpha value is -2.07. The summed E-state index contributed by atoms with van der Waals surface area (Å²) in [5, 5.41) is 2.10. The summed E-state index contributed by atoms with van der Waals surface area (Å²) >= 11 is 0.928. The van der Waals surface area contributed by atoms with Crippen molar-refractivity contribution in [3.05, 3.63) is 70.9 Å². The molecular formula is C17H16FNOS. The fourth-order valence-electron chi connectivity index (χ4n) is 1.75. The van der Waals surface area contributed by atoms with Gasteiger partial charge in [0.05, 0.1) is 0 Å². The number of benzene rings is 2. The summed E-state index contributed by atoms with van der Waals surface area (Å²) in [7, 11) is 0. The van der Waals surface area contributed by atoms with E-state index in [9.17, 15) is 9.18 Å². The lowest BCUT2D eigenvalue weighted by atomic mass is 10.2. The Morgan fingerprint density at radius 3 is 2.48 bits per heavy atom. The van der Waals surface area contributed by atoms with Crippen LogP contribution in [0.2, 0.25) is 0 Å². The number of nitrogens with one attached hydrogen (secondary N) is 1. The third-order valence-corrected chi connectivity index (χ3v) is 3.59. The van der Waals surface area contributed by atoms with Crippen LogP contribution in [0, 0.1) is 13.8 Å². The molecular weight excluding hydrogens is 285 g/mol. The molecule has 21 heavy (non-hydrogen) atoms. The number of carbonyl (C=O) groups is 1. The van der Waals surface area contributed by atoms with Crippen LogP contribution in [0.4, 0.5) is 10.1 Å². The van der Waals surface area contributed by atoms with Crippen molar-refractivity contribution < 1.29 is 9.18 Å². The minimum Gasteiger partial charge on any atom is -0.322 e. The third-order valence-electron chi connectivity index (χ3n) is 2.77. The van der Waals surface area contributed by atoms with Crippen molar-refractivity contribution in [3.63, 3.8) is 0 Å². The van der Waals surface area contributed by atoms with Gasteiger partial charge in [-0.3, -0.25) is 4.79 Å². The Labute approximate surface area is 128 Å². The van der Waals surface area contributed by atoms with Crippen molar-refractivity contribution in [2.24, 2.45) is 0 Å². The van der Waals surface area contributed by atoms with Crippen LogP contribution in [0.5, 0.6) is 0 Å². The van der Waals surface area contributed by atoms with Gasteiger partial charge < -0.3 is 5.32 Å². The molecule has 108 valence electrons. The van der Waals surface area contributed by atoms with Crippen LogP contribution in [0.25, 0.3) is 0 Å². The summed E-state index contributed by atoms with van der Waals surface area (Å²) in [6, 6.07) is 14.8. The van der Waals surface area contributed by atoms with Crippen molar-refractivity contribution in [1.82, 2.24) is 0 Å². The maximum Gasteiger partial charge on any atom is 0.251 e. The van der Waals surface area contributed by atoms with E-state index in [1.807, 2.05) is 56.3 Å². The standard InChI is InChI=1S/C17H16FNOS/c1-12-6-8-15(9-7-12)21-16(18)11-17(20)19-14-5-3-4-13(2)10-14/h3-11H,1-2H3,(H,19,20). The summed E-state index contributed by atoms with van der Waals surface area (Å²) < 4.78 is 13.8. The van der Waals surface area contributed by atoms with E-state index in [0.717, 1.165) is 33.9 Å². The minimum absolute atomic E-state index is 0.474. The second-order valence-electron chi connectivity index (χ2n) is 4.72. The van der Waals surface area contributed by atoms with Crippen molar-refractivity contribution in [2.45, 2.75) is 18.7 Å². The van der Waals surface area contributed by atoms with Gasteiger partial charge in [-0.15, -0.1) is 0 Å². The molecule has 0 fully saturated rings. The van der Waals surface area contributed by atoms with E-state index in [2.05, 4.69) is 5.32 Å². The molecule has 0 aliphatic heterocycles. The molecule has 0 aromatic heterocycles. The molecule has 0 saturated carbocycles. The monoisotopic (exact) mass is 301 g/mol. The van der Waals surface area contributed by atoms with Gasteiger partial charge in [0.25, 0.3) is 5.91 Å². The first-order valence-electron chi connectivity index (χ1n) is 6.52. The van der Waals surface area contributed by atoms with Crippen molar-refractivity contribution >= 4 is 23.4 Å². The largest absolute Gasteiger partial charge is 0.322 e. The molecule has 0 unspecified atom stereocenters. The van der Waals surface area contributed by atoms with Crippen LogP contribution in [-0.2, 0) is 4.79 Å². The fraction of sp³-hybridized carbons (Fsp3) is 0.118. The molecule has 2 aromatic carbocycles. The quantitative estimate of drug-likeness (QED) is 0.646. The van der Waals surface area contributed by atoms with Crippen LogP contribution in [0.1, 0.15) is 11.1 Å². The van der Waals surface area contributed by atoms with E-state index in [-0.39, 0.29) is 0 Å². The maximum absolute atomic E-state index is 13.8. The number of amides is 1. The van der Waals surface area contributed by atoms with Gasteiger partial charge in [0.2, 0.25) is 0 Å². The molecule has 0 heterocycles. The van der Waals surface area contributed by atoms with E-state index in [0.29, 0.717) is 5.69 Å². The summed E-state index contributed by atoms with van der Waals surface area (Å²) in [5.74, 6) is -0.474. The Kier molecular flexibility index (Phi) is 5.17. The second-order valence-corrected chi connectivity index (χ2v) is 5.79. The molecule has 2 nitrogen and oxygen atoms in total. The zero-order valence-corrected chi connectivity index (χ0v) is 12.7. The number of aryl methyl sites for hydroxylation is 2. The van der Waals surface area contributed by atoms with Gasteiger partial charge in [-0.2, -0.15) is 4.39 Å². The van der Waals surface area contributed by atoms with E-state index < -0.39 is 11.1 Å². The summed E-state index contributed by atoms with van der Waals surface area (Å²) in [5.41, 5.74) is 2.80. The smallest absolute Gasteiger partial charge is 0.251 e. The van der Waals surface area contributed by atoms with E-state index in [4.69, 9.17) is 0 Å². The molecule has 4 heteroatoms. The zero-order chi connectivity index (χ0) is 15.2. The van der Waals surface area contributed by atoms with Crippen LogP contribution >= 0.6 is 11.8 Å². The van der Waals surface area contributed by atoms with Crippen LogP contribution in [-0.4, -0.2) is 5.91 Å². The highest BCUT2D eigenvalue weighted by atomic mass is 32.2. The zero-order valence-electron chi connectivity index (χ0n) is 11.9. The van der Waals surface area contributed by atoms with Gasteiger partial charge in [-0.1, -0.05) is 41.6 Å². The molecule has 2 aromatic rings. The van der Waals surface area contributed by atoms with Gasteiger partial charge in [0.1, 0.15) is 0 Å². The number of hydrogen-bond donors (Lipinski definition) is 1. The number of hydrogen-bond acceptors (Lipinski definition) is 2. The van der Waals surface area contributed by atoms with E-state index in [1.165, 1.54) is 0 Å². The first-order valence-corrected chi connectivity index (χ1v) is 7.34. The van der Waals surface area contributed by atoms with E-state index in [1.54, 1.807) is 6.07 Å². The van der Waals surface area contributed by atoms with Crippen LogP contribution < -0.4 is 5.32 Å². The Morgan fingerprint density at radius 1 is 1.10 bits per heavy atom. The van der Waals surface area contributed by atoms with Gasteiger partial charge in [0.15, 0.2) is 5.16 Å². The van der Waals surface area contributed by atoms with Gasteiger partial charge in [-0.25, -0.2) is 0 Å². The number of halogens is 1. The summed E-state index contributed by atoms with van der Waals surface area (Å²) in [4.78, 5) is 12.5. The second kappa shape index (κ2) is 7.09. The third kappa shape index (κ3) is 5.08.